The molecule has 1 aliphatic heterocycles. The lowest BCUT2D eigenvalue weighted by atomic mass is 10.2. The Hall–Kier alpha value is -1.95. The monoisotopic (exact) mass is 221 g/mol. The van der Waals surface area contributed by atoms with Gasteiger partial charge >= 0.3 is 0 Å². The summed E-state index contributed by atoms with van der Waals surface area (Å²) in [6.45, 7) is 1.85. The molecule has 6 heteroatoms. The molecule has 1 saturated heterocycles. The Morgan fingerprint density at radius 1 is 1.50 bits per heavy atom. The topological polar surface area (TPSA) is 75.5 Å². The molecule has 16 heavy (non-hydrogen) atoms. The predicted octanol–water partition coefficient (Wildman–Crippen LogP) is 1.22. The third-order valence-electron chi connectivity index (χ3n) is 2.40. The van der Waals surface area contributed by atoms with Gasteiger partial charge in [0.15, 0.2) is 0 Å². The Labute approximate surface area is 92.0 Å². The third-order valence-corrected chi connectivity index (χ3v) is 2.40. The Bertz CT molecular complexity index is 447. The van der Waals surface area contributed by atoms with Crippen LogP contribution in [0.3, 0.4) is 0 Å². The summed E-state index contributed by atoms with van der Waals surface area (Å²) >= 11 is 0. The maximum Gasteiger partial charge on any atom is 0.294 e. The van der Waals surface area contributed by atoms with Gasteiger partial charge in [-0.1, -0.05) is 12.1 Å². The number of nitrogens with one attached hydrogen (secondary N) is 1. The second-order valence-electron chi connectivity index (χ2n) is 3.71. The lowest BCUT2D eigenvalue weighted by Gasteiger charge is -2.16. The van der Waals surface area contributed by atoms with E-state index in [1.807, 2.05) is 6.92 Å². The number of nitro groups is 1. The minimum atomic E-state index is -0.493. The van der Waals surface area contributed by atoms with Crippen molar-refractivity contribution in [2.24, 2.45) is 0 Å². The fourth-order valence-corrected chi connectivity index (χ4v) is 1.70. The molecule has 1 amide bonds. The molecule has 6 nitrogen and oxygen atoms in total. The first-order valence-electron chi connectivity index (χ1n) is 4.92. The van der Waals surface area contributed by atoms with Crippen LogP contribution >= 0.6 is 0 Å². The number of hydrogen-bond acceptors (Lipinski definition) is 4. The van der Waals surface area contributed by atoms with Crippen LogP contribution in [0.25, 0.3) is 0 Å². The molecule has 2 rings (SSSR count). The molecular weight excluding hydrogens is 210 g/mol. The van der Waals surface area contributed by atoms with Gasteiger partial charge in [0, 0.05) is 18.5 Å². The molecule has 0 bridgehead atoms. The molecule has 1 N–H and O–H groups in total. The Kier molecular flexibility index (Phi) is 2.57. The van der Waals surface area contributed by atoms with Crippen molar-refractivity contribution in [1.82, 2.24) is 5.43 Å². The van der Waals surface area contributed by atoms with Crippen LogP contribution in [0, 0.1) is 10.1 Å². The number of amides is 1. The Morgan fingerprint density at radius 2 is 2.19 bits per heavy atom. The summed E-state index contributed by atoms with van der Waals surface area (Å²) in [5, 5.41) is 12.1. The first-order valence-corrected chi connectivity index (χ1v) is 4.92. The first-order chi connectivity index (χ1) is 7.59. The number of nitro benzene ring substituents is 1. The van der Waals surface area contributed by atoms with Gasteiger partial charge in [0.1, 0.15) is 5.69 Å². The molecule has 1 heterocycles. The summed E-state index contributed by atoms with van der Waals surface area (Å²) in [5.74, 6) is -0.151. The van der Waals surface area contributed by atoms with Crippen LogP contribution in [0.4, 0.5) is 11.4 Å². The number of para-hydroxylation sites is 2. The number of benzene rings is 1. The second kappa shape index (κ2) is 3.90. The molecule has 1 aromatic rings. The SMILES string of the molecule is CC1CC(=O)N(c2ccccc2[N+](=O)[O-])N1. The van der Waals surface area contributed by atoms with Crippen molar-refractivity contribution in [2.75, 3.05) is 5.01 Å². The van der Waals surface area contributed by atoms with Gasteiger partial charge in [-0.05, 0) is 13.0 Å². The van der Waals surface area contributed by atoms with Gasteiger partial charge < -0.3 is 0 Å². The molecular formula is C10H11N3O3. The highest BCUT2D eigenvalue weighted by atomic mass is 16.6. The quantitative estimate of drug-likeness (QED) is 0.602. The Balaban J connectivity index is 2.40. The van der Waals surface area contributed by atoms with Gasteiger partial charge in [-0.3, -0.25) is 14.9 Å². The smallest absolute Gasteiger partial charge is 0.273 e. The van der Waals surface area contributed by atoms with Crippen LogP contribution in [-0.4, -0.2) is 16.9 Å². The summed E-state index contributed by atoms with van der Waals surface area (Å²) in [6.07, 6.45) is 0.353. The number of hydrogen-bond donors (Lipinski definition) is 1. The summed E-state index contributed by atoms with van der Waals surface area (Å²) in [4.78, 5) is 21.9. The summed E-state index contributed by atoms with van der Waals surface area (Å²) < 4.78 is 0. The zero-order valence-electron chi connectivity index (χ0n) is 8.71. The van der Waals surface area contributed by atoms with Gasteiger partial charge in [0.2, 0.25) is 5.91 Å². The number of nitrogens with zero attached hydrogens (tertiary/aromatic N) is 2. The van der Waals surface area contributed by atoms with Crippen molar-refractivity contribution in [2.45, 2.75) is 19.4 Å². The van der Waals surface area contributed by atoms with E-state index in [4.69, 9.17) is 0 Å². The summed E-state index contributed by atoms with van der Waals surface area (Å²) in [7, 11) is 0. The van der Waals surface area contributed by atoms with E-state index in [9.17, 15) is 14.9 Å². The highest BCUT2D eigenvalue weighted by Crippen LogP contribution is 2.29. The molecule has 1 fully saturated rings. The average molecular weight is 221 g/mol. The van der Waals surface area contributed by atoms with E-state index < -0.39 is 4.92 Å². The van der Waals surface area contributed by atoms with Crippen molar-refractivity contribution in [3.8, 4) is 0 Å². The fourth-order valence-electron chi connectivity index (χ4n) is 1.70. The van der Waals surface area contributed by atoms with Gasteiger partial charge in [-0.25, -0.2) is 10.4 Å². The van der Waals surface area contributed by atoms with E-state index in [1.165, 1.54) is 11.1 Å². The van der Waals surface area contributed by atoms with Gasteiger partial charge in [-0.15, -0.1) is 0 Å². The third kappa shape index (κ3) is 1.74. The van der Waals surface area contributed by atoms with Crippen LogP contribution in [-0.2, 0) is 4.79 Å². The number of carbonyl (C=O) groups excluding carboxylic acids is 1. The van der Waals surface area contributed by atoms with Gasteiger partial charge in [0.05, 0.1) is 4.92 Å². The van der Waals surface area contributed by atoms with Crippen molar-refractivity contribution in [3.63, 3.8) is 0 Å². The largest absolute Gasteiger partial charge is 0.294 e. The van der Waals surface area contributed by atoms with E-state index in [0.717, 1.165) is 0 Å². The predicted molar refractivity (Wildman–Crippen MR) is 57.8 cm³/mol. The van der Waals surface area contributed by atoms with Crippen molar-refractivity contribution in [1.29, 1.82) is 0 Å². The molecule has 0 aliphatic carbocycles. The zero-order valence-corrected chi connectivity index (χ0v) is 8.71. The minimum absolute atomic E-state index is 0.00677. The molecule has 0 saturated carbocycles. The number of anilines is 1. The van der Waals surface area contributed by atoms with E-state index in [2.05, 4.69) is 5.43 Å². The number of carbonyl (C=O) groups is 1. The van der Waals surface area contributed by atoms with Crippen LogP contribution in [0.1, 0.15) is 13.3 Å². The van der Waals surface area contributed by atoms with Gasteiger partial charge in [0.25, 0.3) is 5.69 Å². The minimum Gasteiger partial charge on any atom is -0.273 e. The van der Waals surface area contributed by atoms with E-state index in [1.54, 1.807) is 18.2 Å². The number of hydrazine groups is 1. The van der Waals surface area contributed by atoms with Crippen molar-refractivity contribution in [3.05, 3.63) is 34.4 Å². The molecule has 0 spiro atoms. The lowest BCUT2D eigenvalue weighted by Crippen LogP contribution is -2.37. The molecule has 1 aliphatic rings. The maximum absolute atomic E-state index is 11.6. The second-order valence-corrected chi connectivity index (χ2v) is 3.71. The van der Waals surface area contributed by atoms with Crippen molar-refractivity contribution < 1.29 is 9.72 Å². The first kappa shape index (κ1) is 10.6. The number of rotatable bonds is 2. The van der Waals surface area contributed by atoms with Crippen LogP contribution in [0.2, 0.25) is 0 Å². The van der Waals surface area contributed by atoms with E-state index >= 15 is 0 Å². The van der Waals surface area contributed by atoms with Crippen LogP contribution < -0.4 is 10.4 Å². The molecule has 0 radical (unpaired) electrons. The van der Waals surface area contributed by atoms with Crippen LogP contribution in [0.5, 0.6) is 0 Å². The molecule has 1 aromatic carbocycles. The van der Waals surface area contributed by atoms with Crippen LogP contribution in [0.15, 0.2) is 24.3 Å². The molecule has 0 aromatic heterocycles. The highest BCUT2D eigenvalue weighted by Gasteiger charge is 2.31. The Morgan fingerprint density at radius 3 is 2.75 bits per heavy atom. The lowest BCUT2D eigenvalue weighted by molar-refractivity contribution is -0.384. The standard InChI is InChI=1S/C10H11N3O3/c1-7-6-10(14)12(11-7)8-4-2-3-5-9(8)13(15)16/h2-5,7,11H,6H2,1H3. The van der Waals surface area contributed by atoms with E-state index in [0.29, 0.717) is 12.1 Å². The summed E-state index contributed by atoms with van der Waals surface area (Å²) in [6, 6.07) is 6.19. The van der Waals surface area contributed by atoms with Crippen molar-refractivity contribution >= 4 is 17.3 Å². The zero-order chi connectivity index (χ0) is 11.7. The molecule has 84 valence electrons. The highest BCUT2D eigenvalue weighted by molar-refractivity contribution is 5.96. The fraction of sp³-hybridized carbons (Fsp3) is 0.300. The normalized spacial score (nSPS) is 20.2. The van der Waals surface area contributed by atoms with E-state index in [-0.39, 0.29) is 17.6 Å². The summed E-state index contributed by atoms with van der Waals surface area (Å²) in [5.41, 5.74) is 3.12. The average Bonchev–Trinajstić information content (AvgIpc) is 2.57. The molecule has 1 unspecified atom stereocenters. The molecule has 1 atom stereocenters. The maximum atomic E-state index is 11.6. The van der Waals surface area contributed by atoms with Gasteiger partial charge in [-0.2, -0.15) is 0 Å².